The van der Waals surface area contributed by atoms with Crippen LogP contribution in [0.4, 0.5) is 5.69 Å². The largest absolute Gasteiger partial charge is 0.238 e. The summed E-state index contributed by atoms with van der Waals surface area (Å²) in [6, 6.07) is 25.0. The van der Waals surface area contributed by atoms with Gasteiger partial charge in [-0.3, -0.25) is 0 Å². The SMILES string of the molecule is [C-]#[N+]c1cc(-n2cc3ccccc3[n+]2C)c(C)c(-[n+]2c(C)ccc3ccccc32)c1. The lowest BCUT2D eigenvalue weighted by Gasteiger charge is -2.11. The van der Waals surface area contributed by atoms with Crippen LogP contribution < -0.4 is 9.25 Å². The van der Waals surface area contributed by atoms with E-state index in [4.69, 9.17) is 6.57 Å². The fourth-order valence-corrected chi connectivity index (χ4v) is 4.29. The molecule has 5 rings (SSSR count). The Morgan fingerprint density at radius 2 is 1.53 bits per heavy atom. The van der Waals surface area contributed by atoms with Gasteiger partial charge < -0.3 is 0 Å². The summed E-state index contributed by atoms with van der Waals surface area (Å²) >= 11 is 0. The maximum Gasteiger partial charge on any atom is 0.238 e. The molecular formula is C26H22N4+2. The molecule has 0 aliphatic carbocycles. The predicted octanol–water partition coefficient (Wildman–Crippen LogP) is 5.05. The monoisotopic (exact) mass is 390 g/mol. The third-order valence-corrected chi connectivity index (χ3v) is 5.86. The van der Waals surface area contributed by atoms with Crippen molar-refractivity contribution in [1.29, 1.82) is 0 Å². The average molecular weight is 390 g/mol. The molecule has 2 aromatic heterocycles. The van der Waals surface area contributed by atoms with Crippen LogP contribution in [0.3, 0.4) is 0 Å². The number of hydrogen-bond donors (Lipinski definition) is 0. The quantitative estimate of drug-likeness (QED) is 0.296. The summed E-state index contributed by atoms with van der Waals surface area (Å²) in [5.41, 5.74) is 7.22. The lowest BCUT2D eigenvalue weighted by Crippen LogP contribution is -2.39. The molecule has 0 fully saturated rings. The van der Waals surface area contributed by atoms with E-state index < -0.39 is 0 Å². The molecule has 0 aliphatic heterocycles. The Balaban J connectivity index is 1.86. The Morgan fingerprint density at radius 1 is 0.833 bits per heavy atom. The fraction of sp³-hybridized carbons (Fsp3) is 0.115. The molecule has 0 saturated carbocycles. The van der Waals surface area contributed by atoms with Gasteiger partial charge in [0.05, 0.1) is 18.2 Å². The molecule has 0 amide bonds. The first-order valence-electron chi connectivity index (χ1n) is 9.98. The molecule has 4 heteroatoms. The number of nitrogens with zero attached hydrogens (tertiary/aromatic N) is 4. The van der Waals surface area contributed by atoms with Gasteiger partial charge in [-0.15, -0.1) is 9.36 Å². The average Bonchev–Trinajstić information content (AvgIpc) is 3.11. The van der Waals surface area contributed by atoms with Crippen molar-refractivity contribution in [3.05, 3.63) is 102 Å². The standard InChI is InChI=1S/C26H22N4/c1-18-13-14-20-9-5-8-12-24(20)30(18)26-16-22(27-3)15-25(19(26)2)29-17-21-10-6-7-11-23(21)28(29)4/h5-17H,1-2,4H3/q+2. The van der Waals surface area contributed by atoms with E-state index in [9.17, 15) is 0 Å². The number of rotatable bonds is 2. The van der Waals surface area contributed by atoms with E-state index in [-0.39, 0.29) is 0 Å². The summed E-state index contributed by atoms with van der Waals surface area (Å²) in [5.74, 6) is 0. The Labute approximate surface area is 175 Å². The summed E-state index contributed by atoms with van der Waals surface area (Å²) in [6.07, 6.45) is 2.13. The maximum atomic E-state index is 7.71. The molecule has 0 spiro atoms. The van der Waals surface area contributed by atoms with E-state index in [2.05, 4.69) is 107 Å². The number of fused-ring (bicyclic) bond motifs is 2. The van der Waals surface area contributed by atoms with Crippen molar-refractivity contribution in [3.63, 3.8) is 0 Å². The first-order chi connectivity index (χ1) is 14.6. The molecule has 0 unspecified atom stereocenters. The van der Waals surface area contributed by atoms with Crippen molar-refractivity contribution in [3.8, 4) is 11.4 Å². The number of aromatic nitrogens is 3. The minimum Gasteiger partial charge on any atom is -0.238 e. The van der Waals surface area contributed by atoms with Crippen LogP contribution in [0.1, 0.15) is 11.3 Å². The highest BCUT2D eigenvalue weighted by Gasteiger charge is 2.24. The minimum atomic E-state index is 0.628. The second-order valence-corrected chi connectivity index (χ2v) is 7.65. The molecule has 3 aromatic carbocycles. The van der Waals surface area contributed by atoms with Crippen LogP contribution in [0, 0.1) is 20.4 Å². The van der Waals surface area contributed by atoms with Crippen LogP contribution in [0.15, 0.2) is 79.0 Å². The van der Waals surface area contributed by atoms with Gasteiger partial charge in [0, 0.05) is 42.1 Å². The molecule has 0 N–H and O–H groups in total. The minimum absolute atomic E-state index is 0.628. The van der Waals surface area contributed by atoms with Gasteiger partial charge in [0.25, 0.3) is 0 Å². The van der Waals surface area contributed by atoms with Crippen molar-refractivity contribution in [2.24, 2.45) is 7.05 Å². The predicted molar refractivity (Wildman–Crippen MR) is 119 cm³/mol. The first-order valence-corrected chi connectivity index (χ1v) is 9.98. The molecule has 144 valence electrons. The van der Waals surface area contributed by atoms with E-state index in [1.807, 2.05) is 12.1 Å². The van der Waals surface area contributed by atoms with Crippen molar-refractivity contribution in [1.82, 2.24) is 4.68 Å². The molecule has 30 heavy (non-hydrogen) atoms. The van der Waals surface area contributed by atoms with Gasteiger partial charge in [-0.2, -0.15) is 4.57 Å². The molecule has 2 heterocycles. The zero-order valence-electron chi connectivity index (χ0n) is 17.3. The summed E-state index contributed by atoms with van der Waals surface area (Å²) < 4.78 is 6.53. The van der Waals surface area contributed by atoms with Gasteiger partial charge in [0.15, 0.2) is 18.4 Å². The van der Waals surface area contributed by atoms with Gasteiger partial charge in [-0.05, 0) is 31.2 Å². The van der Waals surface area contributed by atoms with Crippen molar-refractivity contribution < 1.29 is 9.25 Å². The van der Waals surface area contributed by atoms with Crippen LogP contribution >= 0.6 is 0 Å². The molecular weight excluding hydrogens is 368 g/mol. The van der Waals surface area contributed by atoms with Crippen LogP contribution in [0.5, 0.6) is 0 Å². The molecule has 0 atom stereocenters. The Bertz CT molecular complexity index is 1490. The third kappa shape index (κ3) is 2.67. The van der Waals surface area contributed by atoms with Crippen LogP contribution in [0.2, 0.25) is 0 Å². The molecule has 5 aromatic rings. The number of para-hydroxylation sites is 2. The number of pyridine rings is 1. The number of hydrogen-bond acceptors (Lipinski definition) is 0. The van der Waals surface area contributed by atoms with Gasteiger partial charge in [-0.1, -0.05) is 24.3 Å². The van der Waals surface area contributed by atoms with E-state index in [0.717, 1.165) is 33.7 Å². The lowest BCUT2D eigenvalue weighted by molar-refractivity contribution is -0.720. The highest BCUT2D eigenvalue weighted by atomic mass is 15.4. The topological polar surface area (TPSA) is 17.0 Å². The molecule has 0 aliphatic rings. The highest BCUT2D eigenvalue weighted by Crippen LogP contribution is 2.28. The Morgan fingerprint density at radius 3 is 2.27 bits per heavy atom. The summed E-state index contributed by atoms with van der Waals surface area (Å²) in [6.45, 7) is 12.0. The summed E-state index contributed by atoms with van der Waals surface area (Å²) in [7, 11) is 2.06. The first kappa shape index (κ1) is 18.1. The smallest absolute Gasteiger partial charge is 0.238 e. The van der Waals surface area contributed by atoms with E-state index in [1.54, 1.807) is 0 Å². The van der Waals surface area contributed by atoms with Crippen LogP contribution in [-0.4, -0.2) is 4.68 Å². The highest BCUT2D eigenvalue weighted by molar-refractivity contribution is 5.77. The third-order valence-electron chi connectivity index (χ3n) is 5.86. The van der Waals surface area contributed by atoms with Gasteiger partial charge in [0.1, 0.15) is 5.69 Å². The van der Waals surface area contributed by atoms with Crippen molar-refractivity contribution >= 4 is 27.5 Å². The maximum absolute atomic E-state index is 7.71. The zero-order chi connectivity index (χ0) is 20.8. The summed E-state index contributed by atoms with van der Waals surface area (Å²) in [4.78, 5) is 3.79. The second-order valence-electron chi connectivity index (χ2n) is 7.65. The van der Waals surface area contributed by atoms with Crippen molar-refractivity contribution in [2.75, 3.05) is 0 Å². The van der Waals surface area contributed by atoms with E-state index in [0.29, 0.717) is 5.69 Å². The van der Waals surface area contributed by atoms with E-state index >= 15 is 0 Å². The normalized spacial score (nSPS) is 11.1. The molecule has 0 saturated heterocycles. The second kappa shape index (κ2) is 6.82. The van der Waals surface area contributed by atoms with Gasteiger partial charge in [-0.25, -0.2) is 4.85 Å². The molecule has 4 nitrogen and oxygen atoms in total. The Kier molecular flexibility index (Phi) is 4.11. The zero-order valence-corrected chi connectivity index (χ0v) is 17.3. The van der Waals surface area contributed by atoms with Crippen LogP contribution in [0.25, 0.3) is 38.0 Å². The number of benzene rings is 3. The van der Waals surface area contributed by atoms with Gasteiger partial charge >= 0.3 is 0 Å². The van der Waals surface area contributed by atoms with Crippen LogP contribution in [-0.2, 0) is 7.05 Å². The fourth-order valence-electron chi connectivity index (χ4n) is 4.29. The summed E-state index contributed by atoms with van der Waals surface area (Å²) in [5, 5.41) is 2.35. The van der Waals surface area contributed by atoms with E-state index in [1.165, 1.54) is 10.8 Å². The Hall–Kier alpha value is -3.97. The van der Waals surface area contributed by atoms with Crippen molar-refractivity contribution in [2.45, 2.75) is 13.8 Å². The molecule has 0 radical (unpaired) electrons. The molecule has 0 bridgehead atoms. The van der Waals surface area contributed by atoms with Gasteiger partial charge in [0.2, 0.25) is 16.7 Å². The lowest BCUT2D eigenvalue weighted by atomic mass is 10.1. The number of aryl methyl sites for hydroxylation is 2.